The molecule has 1 aliphatic rings. The van der Waals surface area contributed by atoms with E-state index in [1.54, 1.807) is 4.31 Å². The van der Waals surface area contributed by atoms with Gasteiger partial charge in [0.15, 0.2) is 0 Å². The summed E-state index contributed by atoms with van der Waals surface area (Å²) in [6, 6.07) is 9.68. The first-order valence-corrected chi connectivity index (χ1v) is 9.27. The van der Waals surface area contributed by atoms with Crippen molar-refractivity contribution in [2.45, 2.75) is 38.1 Å². The summed E-state index contributed by atoms with van der Waals surface area (Å²) in [5, 5.41) is 0. The zero-order valence-corrected chi connectivity index (χ0v) is 13.7. The Labute approximate surface area is 132 Å². The largest absolute Gasteiger partial charge is 0.469 e. The Kier molecular flexibility index (Phi) is 5.97. The van der Waals surface area contributed by atoms with Crippen molar-refractivity contribution < 1.29 is 17.9 Å². The molecule has 122 valence electrons. The van der Waals surface area contributed by atoms with E-state index < -0.39 is 10.0 Å². The van der Waals surface area contributed by atoms with Gasteiger partial charge < -0.3 is 4.74 Å². The molecule has 1 fully saturated rings. The predicted molar refractivity (Wildman–Crippen MR) is 84.8 cm³/mol. The molecule has 0 radical (unpaired) electrons. The quantitative estimate of drug-likeness (QED) is 0.754. The molecule has 0 bridgehead atoms. The summed E-state index contributed by atoms with van der Waals surface area (Å²) in [6.07, 6.45) is 3.21. The molecule has 1 aromatic rings. The molecular formula is C16H23NO4S. The molecule has 1 aromatic carbocycles. The number of nitrogens with zero attached hydrogens (tertiary/aromatic N) is 1. The number of hydrogen-bond donors (Lipinski definition) is 0. The average Bonchev–Trinajstić information content (AvgIpc) is 2.55. The molecule has 6 heteroatoms. The van der Waals surface area contributed by atoms with Crippen molar-refractivity contribution in [1.29, 1.82) is 0 Å². The molecule has 0 amide bonds. The highest BCUT2D eigenvalue weighted by atomic mass is 32.2. The lowest BCUT2D eigenvalue weighted by Gasteiger charge is -2.35. The molecule has 1 aliphatic heterocycles. The van der Waals surface area contributed by atoms with Crippen LogP contribution < -0.4 is 0 Å². The summed E-state index contributed by atoms with van der Waals surface area (Å²) in [5.74, 6) is -0.376. The SMILES string of the molecule is COC(=O)CCCS(=O)(=O)N1CCCC[C@H]1c1ccccc1. The zero-order valence-electron chi connectivity index (χ0n) is 12.9. The second-order valence-electron chi connectivity index (χ2n) is 5.53. The minimum absolute atomic E-state index is 0.00850. The lowest BCUT2D eigenvalue weighted by atomic mass is 9.98. The van der Waals surface area contributed by atoms with E-state index in [-0.39, 0.29) is 24.2 Å². The predicted octanol–water partition coefficient (Wildman–Crippen LogP) is 2.50. The third-order valence-electron chi connectivity index (χ3n) is 4.01. The van der Waals surface area contributed by atoms with Crippen LogP contribution in [-0.2, 0) is 19.6 Å². The third-order valence-corrected chi connectivity index (χ3v) is 5.96. The van der Waals surface area contributed by atoms with E-state index in [2.05, 4.69) is 4.74 Å². The van der Waals surface area contributed by atoms with Gasteiger partial charge in [0, 0.05) is 19.0 Å². The van der Waals surface area contributed by atoms with Gasteiger partial charge in [0.1, 0.15) is 0 Å². The van der Waals surface area contributed by atoms with Gasteiger partial charge in [0.25, 0.3) is 0 Å². The van der Waals surface area contributed by atoms with Crippen LogP contribution >= 0.6 is 0 Å². The fourth-order valence-electron chi connectivity index (χ4n) is 2.86. The molecule has 2 rings (SSSR count). The third kappa shape index (κ3) is 4.30. The molecular weight excluding hydrogens is 302 g/mol. The number of rotatable bonds is 6. The first-order valence-electron chi connectivity index (χ1n) is 7.66. The molecule has 0 N–H and O–H groups in total. The van der Waals surface area contributed by atoms with Crippen LogP contribution in [-0.4, -0.2) is 38.1 Å². The van der Waals surface area contributed by atoms with Crippen molar-refractivity contribution in [3.8, 4) is 0 Å². The smallest absolute Gasteiger partial charge is 0.305 e. The maximum absolute atomic E-state index is 12.6. The Morgan fingerprint density at radius 1 is 1.27 bits per heavy atom. The first-order chi connectivity index (χ1) is 10.5. The Morgan fingerprint density at radius 3 is 2.68 bits per heavy atom. The van der Waals surface area contributed by atoms with Gasteiger partial charge in [-0.3, -0.25) is 4.79 Å². The van der Waals surface area contributed by atoms with E-state index in [4.69, 9.17) is 0 Å². The lowest BCUT2D eigenvalue weighted by molar-refractivity contribution is -0.140. The van der Waals surface area contributed by atoms with Gasteiger partial charge in [-0.15, -0.1) is 0 Å². The molecule has 5 nitrogen and oxygen atoms in total. The number of piperidine rings is 1. The summed E-state index contributed by atoms with van der Waals surface area (Å²) >= 11 is 0. The van der Waals surface area contributed by atoms with Crippen molar-refractivity contribution in [2.75, 3.05) is 19.4 Å². The van der Waals surface area contributed by atoms with Crippen molar-refractivity contribution in [2.24, 2.45) is 0 Å². The van der Waals surface area contributed by atoms with Crippen LogP contribution in [0.15, 0.2) is 30.3 Å². The van der Waals surface area contributed by atoms with Gasteiger partial charge in [-0.25, -0.2) is 8.42 Å². The molecule has 1 atom stereocenters. The molecule has 1 saturated heterocycles. The fourth-order valence-corrected chi connectivity index (χ4v) is 4.63. The number of sulfonamides is 1. The van der Waals surface area contributed by atoms with Crippen molar-refractivity contribution >= 4 is 16.0 Å². The maximum Gasteiger partial charge on any atom is 0.305 e. The zero-order chi connectivity index (χ0) is 16.0. The number of hydrogen-bond acceptors (Lipinski definition) is 4. The summed E-state index contributed by atoms with van der Waals surface area (Å²) in [4.78, 5) is 11.1. The monoisotopic (exact) mass is 325 g/mol. The van der Waals surface area contributed by atoms with Gasteiger partial charge >= 0.3 is 5.97 Å². The molecule has 0 aromatic heterocycles. The highest BCUT2D eigenvalue weighted by molar-refractivity contribution is 7.89. The number of methoxy groups -OCH3 is 1. The van der Waals surface area contributed by atoms with E-state index in [0.29, 0.717) is 13.0 Å². The molecule has 1 heterocycles. The molecule has 0 saturated carbocycles. The first kappa shape index (κ1) is 17.0. The van der Waals surface area contributed by atoms with E-state index in [9.17, 15) is 13.2 Å². The summed E-state index contributed by atoms with van der Waals surface area (Å²) in [7, 11) is -2.05. The van der Waals surface area contributed by atoms with Crippen LogP contribution in [0.5, 0.6) is 0 Å². The minimum atomic E-state index is -3.36. The summed E-state index contributed by atoms with van der Waals surface area (Å²) < 4.78 is 31.4. The Balaban J connectivity index is 2.07. The topological polar surface area (TPSA) is 63.7 Å². The molecule has 0 unspecified atom stereocenters. The van der Waals surface area contributed by atoms with E-state index in [0.717, 1.165) is 24.8 Å². The Bertz CT molecular complexity index is 585. The van der Waals surface area contributed by atoms with E-state index >= 15 is 0 Å². The number of benzene rings is 1. The van der Waals surface area contributed by atoms with E-state index in [1.807, 2.05) is 30.3 Å². The van der Waals surface area contributed by atoms with Crippen molar-refractivity contribution in [3.05, 3.63) is 35.9 Å². The Morgan fingerprint density at radius 2 is 2.00 bits per heavy atom. The normalized spacial score (nSPS) is 19.8. The number of carbonyl (C=O) groups is 1. The highest BCUT2D eigenvalue weighted by Gasteiger charge is 2.32. The van der Waals surface area contributed by atoms with Crippen LogP contribution in [0.2, 0.25) is 0 Å². The van der Waals surface area contributed by atoms with Crippen LogP contribution in [0, 0.1) is 0 Å². The minimum Gasteiger partial charge on any atom is -0.469 e. The second kappa shape index (κ2) is 7.74. The van der Waals surface area contributed by atoms with Gasteiger partial charge in [-0.1, -0.05) is 36.8 Å². The van der Waals surface area contributed by atoms with Crippen LogP contribution in [0.3, 0.4) is 0 Å². The Hall–Kier alpha value is -1.40. The maximum atomic E-state index is 12.6. The van der Waals surface area contributed by atoms with Crippen LogP contribution in [0.1, 0.15) is 43.7 Å². The van der Waals surface area contributed by atoms with Crippen LogP contribution in [0.25, 0.3) is 0 Å². The molecule has 0 aliphatic carbocycles. The van der Waals surface area contributed by atoms with Crippen molar-refractivity contribution in [3.63, 3.8) is 0 Å². The molecule has 0 spiro atoms. The van der Waals surface area contributed by atoms with Crippen LogP contribution in [0.4, 0.5) is 0 Å². The van der Waals surface area contributed by atoms with Crippen molar-refractivity contribution in [1.82, 2.24) is 4.31 Å². The summed E-state index contributed by atoms with van der Waals surface area (Å²) in [6.45, 7) is 0.556. The van der Waals surface area contributed by atoms with Gasteiger partial charge in [-0.05, 0) is 24.8 Å². The van der Waals surface area contributed by atoms with E-state index in [1.165, 1.54) is 7.11 Å². The fraction of sp³-hybridized carbons (Fsp3) is 0.562. The standard InChI is InChI=1S/C16H23NO4S/c1-21-16(18)11-7-13-22(19,20)17-12-6-5-10-15(17)14-8-3-2-4-9-14/h2-4,8-9,15H,5-7,10-13H2,1H3/t15-/m0/s1. The lowest BCUT2D eigenvalue weighted by Crippen LogP contribution is -2.39. The summed E-state index contributed by atoms with van der Waals surface area (Å²) in [5.41, 5.74) is 1.04. The molecule has 22 heavy (non-hydrogen) atoms. The average molecular weight is 325 g/mol. The second-order valence-corrected chi connectivity index (χ2v) is 7.57. The van der Waals surface area contributed by atoms with Gasteiger partial charge in [0.2, 0.25) is 10.0 Å². The highest BCUT2D eigenvalue weighted by Crippen LogP contribution is 2.33. The van der Waals surface area contributed by atoms with Gasteiger partial charge in [-0.2, -0.15) is 4.31 Å². The number of esters is 1. The number of carbonyl (C=O) groups excluding carboxylic acids is 1. The number of ether oxygens (including phenoxy) is 1. The van der Waals surface area contributed by atoms with Gasteiger partial charge in [0.05, 0.1) is 12.9 Å².